The number of aliphatic hydroxyl groups is 1. The molecule has 2 N–H and O–H groups in total. The third-order valence-electron chi connectivity index (χ3n) is 2.07. The lowest BCUT2D eigenvalue weighted by Gasteiger charge is -2.10. The molecule has 0 radical (unpaired) electrons. The van der Waals surface area contributed by atoms with Crippen LogP contribution in [0.2, 0.25) is 0 Å². The second-order valence-corrected chi connectivity index (χ2v) is 2.72. The van der Waals surface area contributed by atoms with E-state index in [1.165, 1.54) is 0 Å². The molecular weight excluding hydrogens is 128 g/mol. The van der Waals surface area contributed by atoms with E-state index in [1.54, 1.807) is 0 Å². The van der Waals surface area contributed by atoms with Gasteiger partial charge in [0.25, 0.3) is 0 Å². The van der Waals surface area contributed by atoms with Gasteiger partial charge in [0.2, 0.25) is 0 Å². The van der Waals surface area contributed by atoms with Crippen LogP contribution in [-0.4, -0.2) is 24.8 Å². The second kappa shape index (κ2) is 3.55. The van der Waals surface area contributed by atoms with Gasteiger partial charge in [-0.2, -0.15) is 5.26 Å². The number of hydrogen-bond donors (Lipinski definition) is 2. The topological polar surface area (TPSA) is 56.0 Å². The molecule has 1 fully saturated rings. The van der Waals surface area contributed by atoms with E-state index < -0.39 is 0 Å². The molecule has 1 aliphatic rings. The van der Waals surface area contributed by atoms with Gasteiger partial charge in [-0.15, -0.1) is 0 Å². The smallest absolute Gasteiger partial charge is 0.0625 e. The Bertz CT molecular complexity index is 141. The van der Waals surface area contributed by atoms with Gasteiger partial charge in [0.15, 0.2) is 0 Å². The van der Waals surface area contributed by atoms with E-state index in [0.29, 0.717) is 18.3 Å². The number of aliphatic hydroxyl groups excluding tert-OH is 1. The zero-order chi connectivity index (χ0) is 7.40. The minimum absolute atomic E-state index is 0.208. The van der Waals surface area contributed by atoms with Gasteiger partial charge in [0, 0.05) is 19.6 Å². The van der Waals surface area contributed by atoms with Gasteiger partial charge in [-0.05, 0) is 18.4 Å². The molecule has 1 saturated heterocycles. The largest absolute Gasteiger partial charge is 0.396 e. The summed E-state index contributed by atoms with van der Waals surface area (Å²) in [6, 6.07) is 2.12. The van der Waals surface area contributed by atoms with Crippen molar-refractivity contribution in [3.8, 4) is 6.07 Å². The third kappa shape index (κ3) is 1.47. The fourth-order valence-corrected chi connectivity index (χ4v) is 1.36. The predicted molar refractivity (Wildman–Crippen MR) is 37.2 cm³/mol. The summed E-state index contributed by atoms with van der Waals surface area (Å²) in [7, 11) is 0. The molecule has 1 aliphatic heterocycles. The Hall–Kier alpha value is -0.590. The molecule has 2 unspecified atom stereocenters. The van der Waals surface area contributed by atoms with Gasteiger partial charge in [0.05, 0.1) is 6.07 Å². The highest BCUT2D eigenvalue weighted by Crippen LogP contribution is 2.18. The lowest BCUT2D eigenvalue weighted by molar-refractivity contribution is 0.207. The van der Waals surface area contributed by atoms with E-state index in [-0.39, 0.29) is 6.61 Å². The summed E-state index contributed by atoms with van der Waals surface area (Å²) in [5, 5.41) is 20.3. The number of nitriles is 1. The van der Waals surface area contributed by atoms with E-state index >= 15 is 0 Å². The molecular formula is C7H12N2O. The van der Waals surface area contributed by atoms with E-state index in [2.05, 4.69) is 11.4 Å². The maximum Gasteiger partial charge on any atom is 0.0625 e. The molecule has 0 aromatic heterocycles. The molecule has 1 rings (SSSR count). The van der Waals surface area contributed by atoms with Crippen LogP contribution < -0.4 is 5.32 Å². The first kappa shape index (κ1) is 7.52. The fourth-order valence-electron chi connectivity index (χ4n) is 1.36. The van der Waals surface area contributed by atoms with Crippen LogP contribution >= 0.6 is 0 Å². The van der Waals surface area contributed by atoms with E-state index in [0.717, 1.165) is 13.1 Å². The quantitative estimate of drug-likeness (QED) is 0.555. The fraction of sp³-hybridized carbons (Fsp3) is 0.857. The van der Waals surface area contributed by atoms with Crippen molar-refractivity contribution < 1.29 is 5.11 Å². The van der Waals surface area contributed by atoms with Crippen LogP contribution in [0.3, 0.4) is 0 Å². The summed E-state index contributed by atoms with van der Waals surface area (Å²) in [5.74, 6) is 0.676. The summed E-state index contributed by atoms with van der Waals surface area (Å²) in [4.78, 5) is 0. The summed E-state index contributed by atoms with van der Waals surface area (Å²) in [6.45, 7) is 1.96. The second-order valence-electron chi connectivity index (χ2n) is 2.72. The Labute approximate surface area is 60.7 Å². The zero-order valence-electron chi connectivity index (χ0n) is 5.88. The van der Waals surface area contributed by atoms with Crippen molar-refractivity contribution >= 4 is 0 Å². The number of hydrogen-bond acceptors (Lipinski definition) is 3. The Morgan fingerprint density at radius 2 is 2.20 bits per heavy atom. The van der Waals surface area contributed by atoms with Crippen molar-refractivity contribution in [1.29, 1.82) is 5.26 Å². The van der Waals surface area contributed by atoms with Crippen LogP contribution in [0.4, 0.5) is 0 Å². The van der Waals surface area contributed by atoms with Crippen molar-refractivity contribution in [3.63, 3.8) is 0 Å². The van der Waals surface area contributed by atoms with Gasteiger partial charge in [0.1, 0.15) is 0 Å². The molecule has 0 bridgehead atoms. The normalized spacial score (nSPS) is 32.0. The molecule has 0 aliphatic carbocycles. The maximum absolute atomic E-state index is 8.81. The van der Waals surface area contributed by atoms with Crippen LogP contribution in [0.1, 0.15) is 6.42 Å². The first-order valence-electron chi connectivity index (χ1n) is 3.57. The van der Waals surface area contributed by atoms with Gasteiger partial charge < -0.3 is 10.4 Å². The predicted octanol–water partition coefficient (Wildman–Crippen LogP) is -0.272. The lowest BCUT2D eigenvalue weighted by Crippen LogP contribution is -2.15. The highest BCUT2D eigenvalue weighted by atomic mass is 16.3. The average Bonchev–Trinajstić information content (AvgIpc) is 2.36. The van der Waals surface area contributed by atoms with E-state index in [9.17, 15) is 0 Å². The van der Waals surface area contributed by atoms with Crippen molar-refractivity contribution in [2.24, 2.45) is 11.8 Å². The van der Waals surface area contributed by atoms with Crippen LogP contribution in [0.5, 0.6) is 0 Å². The highest BCUT2D eigenvalue weighted by Gasteiger charge is 2.25. The monoisotopic (exact) mass is 140 g/mol. The molecule has 1 heterocycles. The summed E-state index contributed by atoms with van der Waals surface area (Å²) in [6.07, 6.45) is 0.568. The van der Waals surface area contributed by atoms with Crippen molar-refractivity contribution in [2.75, 3.05) is 19.7 Å². The van der Waals surface area contributed by atoms with Gasteiger partial charge in [-0.3, -0.25) is 0 Å². The molecule has 10 heavy (non-hydrogen) atoms. The molecule has 3 nitrogen and oxygen atoms in total. The van der Waals surface area contributed by atoms with Gasteiger partial charge in [-0.1, -0.05) is 0 Å². The van der Waals surface area contributed by atoms with Crippen LogP contribution in [0, 0.1) is 23.2 Å². The number of nitrogens with one attached hydrogen (secondary N) is 1. The van der Waals surface area contributed by atoms with Crippen molar-refractivity contribution in [1.82, 2.24) is 5.32 Å². The Morgan fingerprint density at radius 3 is 2.80 bits per heavy atom. The summed E-state index contributed by atoms with van der Waals surface area (Å²) < 4.78 is 0. The minimum atomic E-state index is 0.208. The highest BCUT2D eigenvalue weighted by molar-refractivity contribution is 4.87. The SMILES string of the molecule is N#CCC1CNCC1CO. The van der Waals surface area contributed by atoms with Crippen molar-refractivity contribution in [3.05, 3.63) is 0 Å². The van der Waals surface area contributed by atoms with Crippen LogP contribution in [0.15, 0.2) is 0 Å². The standard InChI is InChI=1S/C7H12N2O/c8-2-1-6-3-9-4-7(6)5-10/h6-7,9-10H,1,3-5H2. The van der Waals surface area contributed by atoms with Crippen LogP contribution in [0.25, 0.3) is 0 Å². The first-order chi connectivity index (χ1) is 4.88. The Balaban J connectivity index is 2.36. The molecule has 0 amide bonds. The molecule has 2 atom stereocenters. The van der Waals surface area contributed by atoms with Crippen LogP contribution in [-0.2, 0) is 0 Å². The average molecular weight is 140 g/mol. The maximum atomic E-state index is 8.81. The molecule has 0 aromatic rings. The number of rotatable bonds is 2. The molecule has 0 spiro atoms. The van der Waals surface area contributed by atoms with Gasteiger partial charge >= 0.3 is 0 Å². The number of nitrogens with zero attached hydrogens (tertiary/aromatic N) is 1. The lowest BCUT2D eigenvalue weighted by atomic mass is 9.94. The van der Waals surface area contributed by atoms with Crippen molar-refractivity contribution in [2.45, 2.75) is 6.42 Å². The van der Waals surface area contributed by atoms with Gasteiger partial charge in [-0.25, -0.2) is 0 Å². The minimum Gasteiger partial charge on any atom is -0.396 e. The molecule has 3 heteroatoms. The zero-order valence-corrected chi connectivity index (χ0v) is 5.88. The Kier molecular flexibility index (Phi) is 2.67. The van der Waals surface area contributed by atoms with E-state index in [1.807, 2.05) is 0 Å². The molecule has 0 aromatic carbocycles. The third-order valence-corrected chi connectivity index (χ3v) is 2.07. The molecule has 56 valence electrons. The van der Waals surface area contributed by atoms with E-state index in [4.69, 9.17) is 10.4 Å². The Morgan fingerprint density at radius 1 is 1.50 bits per heavy atom. The first-order valence-corrected chi connectivity index (χ1v) is 3.57. The molecule has 0 saturated carbocycles. The summed E-state index contributed by atoms with van der Waals surface area (Å²) >= 11 is 0. The summed E-state index contributed by atoms with van der Waals surface area (Å²) in [5.41, 5.74) is 0.